The Labute approximate surface area is 98.0 Å². The minimum atomic E-state index is 0.747. The minimum Gasteiger partial charge on any atom is -0.302 e. The Hall–Kier alpha value is -0.530. The van der Waals surface area contributed by atoms with Crippen molar-refractivity contribution in [1.82, 2.24) is 4.90 Å². The molecule has 0 radical (unpaired) electrons. The van der Waals surface area contributed by atoms with E-state index >= 15 is 0 Å². The van der Waals surface area contributed by atoms with Gasteiger partial charge in [0.1, 0.15) is 0 Å². The number of alkyl halides is 1. The van der Waals surface area contributed by atoms with Crippen LogP contribution in [0.4, 0.5) is 0 Å². The van der Waals surface area contributed by atoms with Gasteiger partial charge in [-0.15, -0.1) is 11.6 Å². The normalized spacial score (nSPS) is 11.0. The molecule has 0 bridgehead atoms. The molecule has 0 saturated heterocycles. The SMILES string of the molecule is Cc1ccc(CN(C)CCCCl)c(C)c1. The molecule has 15 heavy (non-hydrogen) atoms. The third kappa shape index (κ3) is 4.23. The third-order valence-electron chi connectivity index (χ3n) is 2.61. The summed E-state index contributed by atoms with van der Waals surface area (Å²) in [5.41, 5.74) is 4.13. The summed E-state index contributed by atoms with van der Waals surface area (Å²) in [6.45, 7) is 6.39. The van der Waals surface area contributed by atoms with Gasteiger partial charge in [0.15, 0.2) is 0 Å². The van der Waals surface area contributed by atoms with Gasteiger partial charge in [0.25, 0.3) is 0 Å². The van der Waals surface area contributed by atoms with E-state index in [0.29, 0.717) is 0 Å². The van der Waals surface area contributed by atoms with Crippen molar-refractivity contribution in [1.29, 1.82) is 0 Å². The molecule has 1 rings (SSSR count). The van der Waals surface area contributed by atoms with Crippen molar-refractivity contribution in [3.8, 4) is 0 Å². The van der Waals surface area contributed by atoms with E-state index in [1.807, 2.05) is 0 Å². The smallest absolute Gasteiger partial charge is 0.0235 e. The Morgan fingerprint density at radius 3 is 2.60 bits per heavy atom. The van der Waals surface area contributed by atoms with Crippen LogP contribution in [0.25, 0.3) is 0 Å². The maximum atomic E-state index is 5.67. The topological polar surface area (TPSA) is 3.24 Å². The van der Waals surface area contributed by atoms with Crippen LogP contribution in [0.15, 0.2) is 18.2 Å². The molecule has 0 heterocycles. The predicted octanol–water partition coefficient (Wildman–Crippen LogP) is 3.36. The van der Waals surface area contributed by atoms with Gasteiger partial charge in [0.2, 0.25) is 0 Å². The molecule has 0 spiro atoms. The molecule has 0 unspecified atom stereocenters. The summed E-state index contributed by atoms with van der Waals surface area (Å²) in [5.74, 6) is 0.747. The quantitative estimate of drug-likeness (QED) is 0.695. The van der Waals surface area contributed by atoms with Crippen LogP contribution >= 0.6 is 11.6 Å². The molecule has 0 aliphatic carbocycles. The summed E-state index contributed by atoms with van der Waals surface area (Å²) in [6.07, 6.45) is 1.06. The van der Waals surface area contributed by atoms with Gasteiger partial charge >= 0.3 is 0 Å². The van der Waals surface area contributed by atoms with Crippen molar-refractivity contribution >= 4 is 11.6 Å². The molecule has 0 atom stereocenters. The van der Waals surface area contributed by atoms with E-state index in [2.05, 4.69) is 44.0 Å². The van der Waals surface area contributed by atoms with E-state index in [4.69, 9.17) is 11.6 Å². The van der Waals surface area contributed by atoms with Gasteiger partial charge in [-0.05, 0) is 45.0 Å². The highest BCUT2D eigenvalue weighted by Gasteiger charge is 2.02. The number of halogens is 1. The lowest BCUT2D eigenvalue weighted by Gasteiger charge is -2.17. The lowest BCUT2D eigenvalue weighted by Crippen LogP contribution is -2.19. The van der Waals surface area contributed by atoms with E-state index < -0.39 is 0 Å². The first kappa shape index (κ1) is 12.5. The zero-order valence-electron chi connectivity index (χ0n) is 9.89. The second kappa shape index (κ2) is 6.14. The fourth-order valence-electron chi connectivity index (χ4n) is 1.72. The third-order valence-corrected chi connectivity index (χ3v) is 2.88. The van der Waals surface area contributed by atoms with E-state index in [9.17, 15) is 0 Å². The van der Waals surface area contributed by atoms with Crippen molar-refractivity contribution in [3.63, 3.8) is 0 Å². The molecular formula is C13H20ClN. The second-order valence-electron chi connectivity index (χ2n) is 4.21. The van der Waals surface area contributed by atoms with Crippen LogP contribution in [0.3, 0.4) is 0 Å². The standard InChI is InChI=1S/C13H20ClN/c1-11-5-6-13(12(2)9-11)10-15(3)8-4-7-14/h5-6,9H,4,7-8,10H2,1-3H3. The number of hydrogen-bond donors (Lipinski definition) is 0. The van der Waals surface area contributed by atoms with E-state index in [-0.39, 0.29) is 0 Å². The highest BCUT2D eigenvalue weighted by molar-refractivity contribution is 6.17. The number of rotatable bonds is 5. The molecule has 0 amide bonds. The molecule has 0 aliphatic heterocycles. The first-order valence-corrected chi connectivity index (χ1v) is 5.97. The summed E-state index contributed by atoms with van der Waals surface area (Å²) >= 11 is 5.67. The summed E-state index contributed by atoms with van der Waals surface area (Å²) in [6, 6.07) is 6.64. The Kier molecular flexibility index (Phi) is 5.13. The first-order valence-electron chi connectivity index (χ1n) is 5.44. The molecule has 1 nitrogen and oxygen atoms in total. The lowest BCUT2D eigenvalue weighted by molar-refractivity contribution is 0.327. The average Bonchev–Trinajstić information content (AvgIpc) is 2.19. The van der Waals surface area contributed by atoms with Crippen molar-refractivity contribution in [2.45, 2.75) is 26.8 Å². The van der Waals surface area contributed by atoms with Crippen LogP contribution in [0.1, 0.15) is 23.1 Å². The molecule has 0 saturated carbocycles. The summed E-state index contributed by atoms with van der Waals surface area (Å²) < 4.78 is 0. The molecule has 84 valence electrons. The fourth-order valence-corrected chi connectivity index (χ4v) is 1.84. The van der Waals surface area contributed by atoms with E-state index in [1.54, 1.807) is 0 Å². The monoisotopic (exact) mass is 225 g/mol. The molecule has 0 fully saturated rings. The Balaban J connectivity index is 2.56. The van der Waals surface area contributed by atoms with Crippen LogP contribution in [-0.2, 0) is 6.54 Å². The zero-order chi connectivity index (χ0) is 11.3. The van der Waals surface area contributed by atoms with Crippen LogP contribution in [0.5, 0.6) is 0 Å². The van der Waals surface area contributed by atoms with Crippen LogP contribution in [-0.4, -0.2) is 24.4 Å². The van der Waals surface area contributed by atoms with E-state index in [1.165, 1.54) is 16.7 Å². The Bertz CT molecular complexity index is 309. The van der Waals surface area contributed by atoms with Crippen molar-refractivity contribution in [2.75, 3.05) is 19.5 Å². The van der Waals surface area contributed by atoms with Crippen LogP contribution in [0.2, 0.25) is 0 Å². The molecular weight excluding hydrogens is 206 g/mol. The molecule has 1 aromatic rings. The van der Waals surface area contributed by atoms with E-state index in [0.717, 1.165) is 25.4 Å². The summed E-state index contributed by atoms with van der Waals surface area (Å²) in [5, 5.41) is 0. The maximum Gasteiger partial charge on any atom is 0.0235 e. The maximum absolute atomic E-state index is 5.67. The Morgan fingerprint density at radius 2 is 2.00 bits per heavy atom. The molecule has 0 aromatic heterocycles. The first-order chi connectivity index (χ1) is 7.13. The van der Waals surface area contributed by atoms with Crippen LogP contribution < -0.4 is 0 Å². The average molecular weight is 226 g/mol. The number of benzene rings is 1. The minimum absolute atomic E-state index is 0.747. The Morgan fingerprint density at radius 1 is 1.27 bits per heavy atom. The summed E-state index contributed by atoms with van der Waals surface area (Å²) in [4.78, 5) is 2.32. The van der Waals surface area contributed by atoms with Gasteiger partial charge in [0.05, 0.1) is 0 Å². The molecule has 2 heteroatoms. The van der Waals surface area contributed by atoms with Crippen molar-refractivity contribution in [3.05, 3.63) is 34.9 Å². The van der Waals surface area contributed by atoms with Gasteiger partial charge in [-0.1, -0.05) is 23.8 Å². The highest BCUT2D eigenvalue weighted by Crippen LogP contribution is 2.12. The van der Waals surface area contributed by atoms with Gasteiger partial charge in [-0.2, -0.15) is 0 Å². The van der Waals surface area contributed by atoms with Gasteiger partial charge in [0, 0.05) is 12.4 Å². The molecule has 0 aliphatic rings. The zero-order valence-corrected chi connectivity index (χ0v) is 10.6. The molecule has 1 aromatic carbocycles. The highest BCUT2D eigenvalue weighted by atomic mass is 35.5. The van der Waals surface area contributed by atoms with Gasteiger partial charge < -0.3 is 4.90 Å². The molecule has 0 N–H and O–H groups in total. The fraction of sp³-hybridized carbons (Fsp3) is 0.538. The van der Waals surface area contributed by atoms with Crippen molar-refractivity contribution in [2.24, 2.45) is 0 Å². The number of aryl methyl sites for hydroxylation is 2. The van der Waals surface area contributed by atoms with Gasteiger partial charge in [-0.3, -0.25) is 0 Å². The predicted molar refractivity (Wildman–Crippen MR) is 67.6 cm³/mol. The number of hydrogen-bond acceptors (Lipinski definition) is 1. The van der Waals surface area contributed by atoms with Crippen LogP contribution in [0, 0.1) is 13.8 Å². The summed E-state index contributed by atoms with van der Waals surface area (Å²) in [7, 11) is 2.14. The second-order valence-corrected chi connectivity index (χ2v) is 4.59. The largest absolute Gasteiger partial charge is 0.302 e. The van der Waals surface area contributed by atoms with Gasteiger partial charge in [-0.25, -0.2) is 0 Å². The lowest BCUT2D eigenvalue weighted by atomic mass is 10.1. The van der Waals surface area contributed by atoms with Crippen molar-refractivity contribution < 1.29 is 0 Å². The number of nitrogens with zero attached hydrogens (tertiary/aromatic N) is 1.